The molecule has 0 unspecified atom stereocenters. The van der Waals surface area contributed by atoms with Crippen LogP contribution in [0.5, 0.6) is 0 Å². The van der Waals surface area contributed by atoms with E-state index in [2.05, 4.69) is 32.5 Å². The van der Waals surface area contributed by atoms with Crippen molar-refractivity contribution >= 4 is 5.91 Å². The Kier molecular flexibility index (Phi) is 4.43. The van der Waals surface area contributed by atoms with Crippen molar-refractivity contribution in [2.24, 2.45) is 0 Å². The Balaban J connectivity index is 1.83. The van der Waals surface area contributed by atoms with E-state index in [-0.39, 0.29) is 17.9 Å². The maximum atomic E-state index is 12.3. The molecular formula is C17H22N4O2. The minimum atomic E-state index is -0.218. The summed E-state index contributed by atoms with van der Waals surface area (Å²) in [5.74, 6) is 1.50. The van der Waals surface area contributed by atoms with Crippen LogP contribution in [0.1, 0.15) is 42.6 Å². The number of benzene rings is 1. The van der Waals surface area contributed by atoms with Gasteiger partial charge in [0.2, 0.25) is 11.8 Å². The van der Waals surface area contributed by atoms with Crippen LogP contribution in [0.4, 0.5) is 0 Å². The minimum Gasteiger partial charge on any atom is -0.358 e. The highest BCUT2D eigenvalue weighted by molar-refractivity contribution is 5.82. The SMILES string of the molecule is CNC(=O)[C@@H]1Cc2ccccc2CN1Cc1nc(C(C)C)no1. The molecule has 23 heavy (non-hydrogen) atoms. The largest absolute Gasteiger partial charge is 0.358 e. The van der Waals surface area contributed by atoms with Crippen LogP contribution >= 0.6 is 0 Å². The molecule has 2 heterocycles. The first-order valence-corrected chi connectivity index (χ1v) is 7.93. The molecule has 6 heteroatoms. The van der Waals surface area contributed by atoms with Gasteiger partial charge in [-0.15, -0.1) is 0 Å². The molecule has 0 fully saturated rings. The highest BCUT2D eigenvalue weighted by Gasteiger charge is 2.32. The van der Waals surface area contributed by atoms with Crippen LogP contribution in [0.3, 0.4) is 0 Å². The van der Waals surface area contributed by atoms with Crippen molar-refractivity contribution in [3.8, 4) is 0 Å². The lowest BCUT2D eigenvalue weighted by molar-refractivity contribution is -0.126. The molecule has 0 spiro atoms. The van der Waals surface area contributed by atoms with E-state index in [0.717, 1.165) is 0 Å². The first-order valence-electron chi connectivity index (χ1n) is 7.93. The summed E-state index contributed by atoms with van der Waals surface area (Å²) in [6.07, 6.45) is 0.695. The highest BCUT2D eigenvalue weighted by atomic mass is 16.5. The molecule has 1 atom stereocenters. The summed E-state index contributed by atoms with van der Waals surface area (Å²) in [7, 11) is 1.67. The van der Waals surface area contributed by atoms with E-state index in [9.17, 15) is 4.79 Å². The Morgan fingerprint density at radius 3 is 2.78 bits per heavy atom. The van der Waals surface area contributed by atoms with Gasteiger partial charge in [-0.25, -0.2) is 0 Å². The monoisotopic (exact) mass is 314 g/mol. The maximum Gasteiger partial charge on any atom is 0.240 e. The van der Waals surface area contributed by atoms with Gasteiger partial charge < -0.3 is 9.84 Å². The normalized spacial score (nSPS) is 18.0. The fourth-order valence-corrected chi connectivity index (χ4v) is 2.91. The molecule has 0 radical (unpaired) electrons. The van der Waals surface area contributed by atoms with Crippen LogP contribution in [0.15, 0.2) is 28.8 Å². The van der Waals surface area contributed by atoms with E-state index in [1.54, 1.807) is 7.05 Å². The molecule has 0 bridgehead atoms. The van der Waals surface area contributed by atoms with E-state index in [1.165, 1.54) is 11.1 Å². The van der Waals surface area contributed by atoms with Gasteiger partial charge >= 0.3 is 0 Å². The van der Waals surface area contributed by atoms with Crippen molar-refractivity contribution in [1.82, 2.24) is 20.4 Å². The first-order chi connectivity index (χ1) is 11.1. The average molecular weight is 314 g/mol. The van der Waals surface area contributed by atoms with E-state index in [1.807, 2.05) is 26.0 Å². The zero-order chi connectivity index (χ0) is 16.4. The second kappa shape index (κ2) is 6.50. The van der Waals surface area contributed by atoms with E-state index in [0.29, 0.717) is 31.2 Å². The summed E-state index contributed by atoms with van der Waals surface area (Å²) < 4.78 is 5.34. The number of rotatable bonds is 4. The van der Waals surface area contributed by atoms with E-state index < -0.39 is 0 Å². The molecule has 1 aliphatic heterocycles. The Bertz CT molecular complexity index is 695. The molecule has 1 aliphatic rings. The van der Waals surface area contributed by atoms with Gasteiger partial charge in [0.05, 0.1) is 12.6 Å². The average Bonchev–Trinajstić information content (AvgIpc) is 3.02. The summed E-state index contributed by atoms with van der Waals surface area (Å²) in [5, 5.41) is 6.76. The molecule has 6 nitrogen and oxygen atoms in total. The lowest BCUT2D eigenvalue weighted by Gasteiger charge is -2.34. The number of nitrogens with zero attached hydrogens (tertiary/aromatic N) is 3. The van der Waals surface area contributed by atoms with Gasteiger partial charge in [0.1, 0.15) is 0 Å². The fourth-order valence-electron chi connectivity index (χ4n) is 2.91. The highest BCUT2D eigenvalue weighted by Crippen LogP contribution is 2.25. The zero-order valence-electron chi connectivity index (χ0n) is 13.7. The van der Waals surface area contributed by atoms with Gasteiger partial charge in [-0.05, 0) is 17.5 Å². The molecule has 1 N–H and O–H groups in total. The van der Waals surface area contributed by atoms with Gasteiger partial charge in [0.25, 0.3) is 0 Å². The molecule has 0 saturated carbocycles. The smallest absolute Gasteiger partial charge is 0.240 e. The van der Waals surface area contributed by atoms with E-state index >= 15 is 0 Å². The van der Waals surface area contributed by atoms with Crippen LogP contribution in [-0.2, 0) is 24.3 Å². The van der Waals surface area contributed by atoms with Gasteiger partial charge in [0.15, 0.2) is 5.82 Å². The lowest BCUT2D eigenvalue weighted by atomic mass is 9.93. The first kappa shape index (κ1) is 15.7. The Morgan fingerprint density at radius 1 is 1.39 bits per heavy atom. The molecule has 1 aromatic heterocycles. The Hall–Kier alpha value is -2.21. The van der Waals surface area contributed by atoms with Crippen molar-refractivity contribution < 1.29 is 9.32 Å². The summed E-state index contributed by atoms with van der Waals surface area (Å²) >= 11 is 0. The van der Waals surface area contributed by atoms with Crippen molar-refractivity contribution in [3.63, 3.8) is 0 Å². The molecule has 0 aliphatic carbocycles. The van der Waals surface area contributed by atoms with Gasteiger partial charge in [-0.2, -0.15) is 4.98 Å². The Morgan fingerprint density at radius 2 is 2.13 bits per heavy atom. The Labute approximate surface area is 135 Å². The maximum absolute atomic E-state index is 12.3. The number of nitrogens with one attached hydrogen (secondary N) is 1. The molecule has 1 amide bonds. The number of fused-ring (bicyclic) bond motifs is 1. The van der Waals surface area contributed by atoms with E-state index in [4.69, 9.17) is 4.52 Å². The second-order valence-electron chi connectivity index (χ2n) is 6.21. The standard InChI is InChI=1S/C17H22N4O2/c1-11(2)16-19-15(23-20-16)10-21-9-13-7-5-4-6-12(13)8-14(21)17(22)18-3/h4-7,11,14H,8-10H2,1-3H3,(H,18,22)/t14-/m0/s1. The number of amides is 1. The molecular weight excluding hydrogens is 292 g/mol. The van der Waals surface area contributed by atoms with Crippen LogP contribution in [0, 0.1) is 0 Å². The summed E-state index contributed by atoms with van der Waals surface area (Å²) in [4.78, 5) is 18.8. The number of hydrogen-bond donors (Lipinski definition) is 1. The number of carbonyl (C=O) groups excluding carboxylic acids is 1. The van der Waals surface area contributed by atoms with Gasteiger partial charge in [0, 0.05) is 19.5 Å². The van der Waals surface area contributed by atoms with Gasteiger partial charge in [-0.3, -0.25) is 9.69 Å². The topological polar surface area (TPSA) is 71.3 Å². The predicted octanol–water partition coefficient (Wildman–Crippen LogP) is 1.87. The van der Waals surface area contributed by atoms with Crippen molar-refractivity contribution in [1.29, 1.82) is 0 Å². The summed E-state index contributed by atoms with van der Waals surface area (Å²) in [6, 6.07) is 8.02. The molecule has 122 valence electrons. The van der Waals surface area contributed by atoms with Crippen LogP contribution in [0.25, 0.3) is 0 Å². The molecule has 1 aromatic carbocycles. The minimum absolute atomic E-state index is 0.0168. The van der Waals surface area contributed by atoms with Gasteiger partial charge in [-0.1, -0.05) is 43.3 Å². The van der Waals surface area contributed by atoms with Crippen molar-refractivity contribution in [3.05, 3.63) is 47.1 Å². The van der Waals surface area contributed by atoms with Crippen molar-refractivity contribution in [2.45, 2.75) is 45.3 Å². The van der Waals surface area contributed by atoms with Crippen LogP contribution < -0.4 is 5.32 Å². The molecule has 0 saturated heterocycles. The number of carbonyl (C=O) groups is 1. The summed E-state index contributed by atoms with van der Waals surface area (Å²) in [6.45, 7) is 5.23. The molecule has 2 aromatic rings. The number of likely N-dealkylation sites (N-methyl/N-ethyl adjacent to an activating group) is 1. The second-order valence-corrected chi connectivity index (χ2v) is 6.21. The lowest BCUT2D eigenvalue weighted by Crippen LogP contribution is -2.49. The third-order valence-corrected chi connectivity index (χ3v) is 4.23. The van der Waals surface area contributed by atoms with Crippen molar-refractivity contribution in [2.75, 3.05) is 7.05 Å². The number of aromatic nitrogens is 2. The van der Waals surface area contributed by atoms with Crippen LogP contribution in [-0.4, -0.2) is 34.0 Å². The predicted molar refractivity (Wildman–Crippen MR) is 85.6 cm³/mol. The quantitative estimate of drug-likeness (QED) is 0.933. The fraction of sp³-hybridized carbons (Fsp3) is 0.471. The zero-order valence-corrected chi connectivity index (χ0v) is 13.7. The molecule has 3 rings (SSSR count). The third kappa shape index (κ3) is 3.27. The number of hydrogen-bond acceptors (Lipinski definition) is 5. The third-order valence-electron chi connectivity index (χ3n) is 4.23. The van der Waals surface area contributed by atoms with Crippen LogP contribution in [0.2, 0.25) is 0 Å². The summed E-state index contributed by atoms with van der Waals surface area (Å²) in [5.41, 5.74) is 2.47.